The van der Waals surface area contributed by atoms with Crippen molar-refractivity contribution in [1.82, 2.24) is 5.32 Å². The Morgan fingerprint density at radius 2 is 1.91 bits per heavy atom. The van der Waals surface area contributed by atoms with Crippen LogP contribution in [0, 0.1) is 18.7 Å². The van der Waals surface area contributed by atoms with Crippen LogP contribution in [-0.2, 0) is 0 Å². The minimum atomic E-state index is -0.265. The Morgan fingerprint density at radius 3 is 2.52 bits per heavy atom. The number of carbonyl (C=O) groups excluding carboxylic acids is 1. The van der Waals surface area contributed by atoms with Crippen LogP contribution in [0.25, 0.3) is 0 Å². The summed E-state index contributed by atoms with van der Waals surface area (Å²) in [5, 5.41) is 3.12. The van der Waals surface area contributed by atoms with Gasteiger partial charge >= 0.3 is 0 Å². The fourth-order valence-corrected chi connectivity index (χ4v) is 3.02. The summed E-state index contributed by atoms with van der Waals surface area (Å²) in [6.07, 6.45) is 3.34. The number of carbonyl (C=O) groups is 1. The molecule has 23 heavy (non-hydrogen) atoms. The number of halogens is 1. The van der Waals surface area contributed by atoms with Crippen LogP contribution < -0.4 is 11.1 Å². The second-order valence-corrected chi connectivity index (χ2v) is 6.27. The fraction of sp³-hybridized carbons (Fsp3) is 0.316. The molecule has 1 amide bonds. The maximum Gasteiger partial charge on any atom is 0.252 e. The van der Waals surface area contributed by atoms with E-state index >= 15 is 0 Å². The summed E-state index contributed by atoms with van der Waals surface area (Å²) in [6.45, 7) is 1.89. The lowest BCUT2D eigenvalue weighted by atomic mass is 9.77. The van der Waals surface area contributed by atoms with Gasteiger partial charge in [0.2, 0.25) is 0 Å². The molecule has 3 rings (SSSR count). The number of nitrogen functional groups attached to an aromatic ring is 1. The van der Waals surface area contributed by atoms with Gasteiger partial charge in [-0.15, -0.1) is 0 Å². The average molecular weight is 312 g/mol. The van der Waals surface area contributed by atoms with Crippen LogP contribution >= 0.6 is 0 Å². The molecule has 1 saturated carbocycles. The molecule has 1 aliphatic carbocycles. The van der Waals surface area contributed by atoms with E-state index in [1.807, 2.05) is 13.0 Å². The van der Waals surface area contributed by atoms with Gasteiger partial charge in [-0.25, -0.2) is 4.39 Å². The molecule has 0 aliphatic heterocycles. The molecule has 0 heterocycles. The zero-order valence-electron chi connectivity index (χ0n) is 13.2. The largest absolute Gasteiger partial charge is 0.399 e. The lowest BCUT2D eigenvalue weighted by molar-refractivity contribution is 0.0900. The van der Waals surface area contributed by atoms with Crippen molar-refractivity contribution in [2.45, 2.75) is 32.2 Å². The number of anilines is 1. The zero-order chi connectivity index (χ0) is 16.4. The Morgan fingerprint density at radius 1 is 1.22 bits per heavy atom. The number of nitrogens with one attached hydrogen (secondary N) is 1. The van der Waals surface area contributed by atoms with Crippen LogP contribution in [0.2, 0.25) is 0 Å². The van der Waals surface area contributed by atoms with Gasteiger partial charge in [0.25, 0.3) is 5.91 Å². The summed E-state index contributed by atoms with van der Waals surface area (Å²) in [5.74, 6) is 0.0147. The van der Waals surface area contributed by atoms with Crippen molar-refractivity contribution in [2.24, 2.45) is 5.92 Å². The molecule has 0 spiro atoms. The van der Waals surface area contributed by atoms with Crippen molar-refractivity contribution >= 4 is 11.6 Å². The third kappa shape index (κ3) is 3.36. The van der Waals surface area contributed by atoms with Gasteiger partial charge in [0.05, 0.1) is 6.04 Å². The van der Waals surface area contributed by atoms with Crippen LogP contribution in [0.1, 0.15) is 46.8 Å². The number of hydrogen-bond acceptors (Lipinski definition) is 2. The second-order valence-electron chi connectivity index (χ2n) is 6.27. The van der Waals surface area contributed by atoms with E-state index < -0.39 is 0 Å². The minimum absolute atomic E-state index is 0.0855. The number of amides is 1. The quantitative estimate of drug-likeness (QED) is 0.839. The Hall–Kier alpha value is -2.36. The first-order valence-corrected chi connectivity index (χ1v) is 7.97. The van der Waals surface area contributed by atoms with Crippen molar-refractivity contribution in [3.63, 3.8) is 0 Å². The van der Waals surface area contributed by atoms with Crippen LogP contribution in [0.15, 0.2) is 42.5 Å². The average Bonchev–Trinajstić information content (AvgIpc) is 2.48. The van der Waals surface area contributed by atoms with Gasteiger partial charge < -0.3 is 11.1 Å². The summed E-state index contributed by atoms with van der Waals surface area (Å²) in [7, 11) is 0. The van der Waals surface area contributed by atoms with E-state index in [9.17, 15) is 9.18 Å². The van der Waals surface area contributed by atoms with E-state index in [4.69, 9.17) is 5.73 Å². The van der Waals surface area contributed by atoms with Gasteiger partial charge in [-0.3, -0.25) is 4.79 Å². The number of rotatable bonds is 4. The number of aryl methyl sites for hydroxylation is 1. The summed E-state index contributed by atoms with van der Waals surface area (Å²) < 4.78 is 13.2. The summed E-state index contributed by atoms with van der Waals surface area (Å²) in [6, 6.07) is 11.6. The first-order chi connectivity index (χ1) is 11.0. The molecule has 1 aliphatic rings. The molecule has 1 atom stereocenters. The number of benzene rings is 2. The molecule has 2 aromatic rings. The van der Waals surface area contributed by atoms with Crippen molar-refractivity contribution < 1.29 is 9.18 Å². The van der Waals surface area contributed by atoms with E-state index in [1.165, 1.54) is 18.6 Å². The van der Waals surface area contributed by atoms with E-state index in [0.717, 1.165) is 24.0 Å². The van der Waals surface area contributed by atoms with Gasteiger partial charge in [0, 0.05) is 11.3 Å². The summed E-state index contributed by atoms with van der Waals surface area (Å²) in [4.78, 5) is 12.7. The molecule has 3 nitrogen and oxygen atoms in total. The maximum atomic E-state index is 13.2. The molecule has 2 aromatic carbocycles. The topological polar surface area (TPSA) is 55.1 Å². The highest BCUT2D eigenvalue weighted by Gasteiger charge is 2.30. The van der Waals surface area contributed by atoms with Gasteiger partial charge in [-0.05, 0) is 61.1 Å². The summed E-state index contributed by atoms with van der Waals surface area (Å²) in [5.41, 5.74) is 8.81. The predicted molar refractivity (Wildman–Crippen MR) is 89.5 cm³/mol. The minimum Gasteiger partial charge on any atom is -0.399 e. The molecule has 1 unspecified atom stereocenters. The Bertz CT molecular complexity index is 708. The lowest BCUT2D eigenvalue weighted by Gasteiger charge is -2.34. The second kappa shape index (κ2) is 6.41. The molecule has 0 bridgehead atoms. The zero-order valence-corrected chi connectivity index (χ0v) is 13.2. The molecule has 4 heteroatoms. The molecule has 120 valence electrons. The predicted octanol–water partition coefficient (Wildman–Crippen LogP) is 3.99. The first-order valence-electron chi connectivity index (χ1n) is 7.97. The van der Waals surface area contributed by atoms with Gasteiger partial charge in [-0.2, -0.15) is 0 Å². The van der Waals surface area contributed by atoms with E-state index in [1.54, 1.807) is 24.3 Å². The standard InChI is InChI=1S/C19H21FN2O/c1-12-5-10-16(21)11-17(12)19(23)22-18(13-3-2-4-13)14-6-8-15(20)9-7-14/h5-11,13,18H,2-4,21H2,1H3,(H,22,23). The highest BCUT2D eigenvalue weighted by atomic mass is 19.1. The van der Waals surface area contributed by atoms with E-state index in [2.05, 4.69) is 5.32 Å². The van der Waals surface area contributed by atoms with Crippen LogP contribution in [0.4, 0.5) is 10.1 Å². The number of hydrogen-bond donors (Lipinski definition) is 2. The van der Waals surface area contributed by atoms with Crippen molar-refractivity contribution in [2.75, 3.05) is 5.73 Å². The molecular formula is C19H21FN2O. The highest BCUT2D eigenvalue weighted by Crippen LogP contribution is 2.38. The third-order valence-electron chi connectivity index (χ3n) is 4.64. The lowest BCUT2D eigenvalue weighted by Crippen LogP contribution is -2.36. The van der Waals surface area contributed by atoms with Crippen molar-refractivity contribution in [1.29, 1.82) is 0 Å². The third-order valence-corrected chi connectivity index (χ3v) is 4.64. The van der Waals surface area contributed by atoms with Crippen molar-refractivity contribution in [3.05, 3.63) is 65.0 Å². The van der Waals surface area contributed by atoms with E-state index in [-0.39, 0.29) is 17.8 Å². The fourth-order valence-electron chi connectivity index (χ4n) is 3.02. The van der Waals surface area contributed by atoms with Crippen LogP contribution in [0.5, 0.6) is 0 Å². The summed E-state index contributed by atoms with van der Waals surface area (Å²) >= 11 is 0. The normalized spacial score (nSPS) is 15.7. The van der Waals surface area contributed by atoms with Gasteiger partial charge in [0.15, 0.2) is 0 Å². The number of nitrogens with two attached hydrogens (primary N) is 1. The Labute approximate surface area is 135 Å². The van der Waals surface area contributed by atoms with E-state index in [0.29, 0.717) is 17.2 Å². The van der Waals surface area contributed by atoms with Crippen LogP contribution in [-0.4, -0.2) is 5.91 Å². The Balaban J connectivity index is 1.85. The molecule has 3 N–H and O–H groups in total. The highest BCUT2D eigenvalue weighted by molar-refractivity contribution is 5.96. The molecular weight excluding hydrogens is 291 g/mol. The van der Waals surface area contributed by atoms with Crippen molar-refractivity contribution in [3.8, 4) is 0 Å². The van der Waals surface area contributed by atoms with Gasteiger partial charge in [-0.1, -0.05) is 24.6 Å². The Kier molecular flexibility index (Phi) is 4.33. The van der Waals surface area contributed by atoms with Crippen LogP contribution in [0.3, 0.4) is 0 Å². The molecule has 0 aromatic heterocycles. The molecule has 1 fully saturated rings. The molecule has 0 saturated heterocycles. The molecule has 0 radical (unpaired) electrons. The monoisotopic (exact) mass is 312 g/mol. The SMILES string of the molecule is Cc1ccc(N)cc1C(=O)NC(c1ccc(F)cc1)C1CCC1. The van der Waals surface area contributed by atoms with Gasteiger partial charge in [0.1, 0.15) is 5.82 Å². The first kappa shape index (κ1) is 15.5. The maximum absolute atomic E-state index is 13.2. The smallest absolute Gasteiger partial charge is 0.252 e.